The molecule has 0 amide bonds. The summed E-state index contributed by atoms with van der Waals surface area (Å²) >= 11 is 6.46. The molecular weight excluding hydrogens is 366 g/mol. The number of aromatic nitrogens is 3. The van der Waals surface area contributed by atoms with Crippen molar-refractivity contribution < 1.29 is 10.2 Å². The highest BCUT2D eigenvalue weighted by Crippen LogP contribution is 2.34. The van der Waals surface area contributed by atoms with E-state index in [1.165, 1.54) is 0 Å². The van der Waals surface area contributed by atoms with Crippen LogP contribution in [0.3, 0.4) is 0 Å². The molecule has 2 heterocycles. The Balaban J connectivity index is 2.00. The van der Waals surface area contributed by atoms with Crippen LogP contribution in [0.2, 0.25) is 5.02 Å². The molecule has 1 aliphatic carbocycles. The summed E-state index contributed by atoms with van der Waals surface area (Å²) in [6.45, 7) is 7.73. The van der Waals surface area contributed by atoms with Crippen LogP contribution in [-0.2, 0) is 0 Å². The molecule has 0 radical (unpaired) electrons. The van der Waals surface area contributed by atoms with Crippen molar-refractivity contribution in [3.63, 3.8) is 0 Å². The first kappa shape index (κ1) is 20.0. The number of hydrogen-bond acceptors (Lipinski definition) is 7. The minimum Gasteiger partial charge on any atom is -0.393 e. The van der Waals surface area contributed by atoms with E-state index in [0.29, 0.717) is 33.4 Å². The molecule has 7 nitrogen and oxygen atoms in total. The SMILES string of the molecule is C[C@@H](O)c1nc(NC(C)(C)C)c2nc(NC3CCC(O)CC3)ncc2c1Cl. The highest BCUT2D eigenvalue weighted by Gasteiger charge is 2.23. The van der Waals surface area contributed by atoms with Crippen LogP contribution in [0.25, 0.3) is 10.9 Å². The number of nitrogens with zero attached hydrogens (tertiary/aromatic N) is 3. The van der Waals surface area contributed by atoms with Crippen molar-refractivity contribution in [3.05, 3.63) is 16.9 Å². The lowest BCUT2D eigenvalue weighted by Gasteiger charge is -2.26. The third-order valence-electron chi connectivity index (χ3n) is 4.63. The molecule has 0 spiro atoms. The minimum atomic E-state index is -0.797. The Bertz CT molecular complexity index is 814. The molecule has 3 rings (SSSR count). The Morgan fingerprint density at radius 3 is 2.44 bits per heavy atom. The van der Waals surface area contributed by atoms with Crippen molar-refractivity contribution in [1.29, 1.82) is 0 Å². The Morgan fingerprint density at radius 2 is 1.85 bits per heavy atom. The second-order valence-electron chi connectivity index (χ2n) is 8.32. The molecule has 8 heteroatoms. The van der Waals surface area contributed by atoms with E-state index in [1.807, 2.05) is 20.8 Å². The maximum Gasteiger partial charge on any atom is 0.223 e. The molecule has 1 fully saturated rings. The van der Waals surface area contributed by atoms with Gasteiger partial charge in [-0.05, 0) is 53.4 Å². The lowest BCUT2D eigenvalue weighted by molar-refractivity contribution is 0.126. The van der Waals surface area contributed by atoms with Crippen molar-refractivity contribution in [2.45, 2.75) is 77.2 Å². The topological polar surface area (TPSA) is 103 Å². The first-order valence-corrected chi connectivity index (χ1v) is 9.79. The Morgan fingerprint density at radius 1 is 1.19 bits per heavy atom. The molecule has 4 N–H and O–H groups in total. The molecule has 0 saturated heterocycles. The summed E-state index contributed by atoms with van der Waals surface area (Å²) in [7, 11) is 0. The summed E-state index contributed by atoms with van der Waals surface area (Å²) in [6, 6.07) is 0.241. The molecule has 0 aromatic carbocycles. The molecule has 2 aromatic heterocycles. The van der Waals surface area contributed by atoms with Crippen LogP contribution in [-0.4, -0.2) is 42.8 Å². The van der Waals surface area contributed by atoms with E-state index in [0.717, 1.165) is 25.7 Å². The van der Waals surface area contributed by atoms with Crippen molar-refractivity contribution in [3.8, 4) is 0 Å². The monoisotopic (exact) mass is 393 g/mol. The van der Waals surface area contributed by atoms with Gasteiger partial charge in [-0.15, -0.1) is 0 Å². The average Bonchev–Trinajstić information content (AvgIpc) is 2.58. The van der Waals surface area contributed by atoms with E-state index in [4.69, 9.17) is 11.6 Å². The van der Waals surface area contributed by atoms with Gasteiger partial charge in [0, 0.05) is 23.2 Å². The van der Waals surface area contributed by atoms with Gasteiger partial charge in [0.1, 0.15) is 5.52 Å². The molecule has 0 bridgehead atoms. The number of aliphatic hydroxyl groups excluding tert-OH is 2. The Hall–Kier alpha value is -1.70. The van der Waals surface area contributed by atoms with Gasteiger partial charge >= 0.3 is 0 Å². The van der Waals surface area contributed by atoms with Gasteiger partial charge < -0.3 is 20.8 Å². The van der Waals surface area contributed by atoms with Crippen LogP contribution >= 0.6 is 11.6 Å². The smallest absolute Gasteiger partial charge is 0.223 e. The van der Waals surface area contributed by atoms with Gasteiger partial charge in [0.05, 0.1) is 22.9 Å². The van der Waals surface area contributed by atoms with Crippen LogP contribution in [0.5, 0.6) is 0 Å². The lowest BCUT2D eigenvalue weighted by Crippen LogP contribution is -2.29. The summed E-state index contributed by atoms with van der Waals surface area (Å²) < 4.78 is 0. The number of halogens is 1. The lowest BCUT2D eigenvalue weighted by atomic mass is 9.93. The summed E-state index contributed by atoms with van der Waals surface area (Å²) in [4.78, 5) is 13.6. The number of nitrogens with one attached hydrogen (secondary N) is 2. The van der Waals surface area contributed by atoms with Gasteiger partial charge in [0.2, 0.25) is 5.95 Å². The van der Waals surface area contributed by atoms with Crippen LogP contribution in [0.15, 0.2) is 6.20 Å². The zero-order valence-corrected chi connectivity index (χ0v) is 17.0. The number of anilines is 2. The predicted molar refractivity (Wildman–Crippen MR) is 108 cm³/mol. The summed E-state index contributed by atoms with van der Waals surface area (Å²) in [5, 5.41) is 27.4. The molecule has 1 saturated carbocycles. The molecule has 0 unspecified atom stereocenters. The first-order valence-electron chi connectivity index (χ1n) is 9.41. The van der Waals surface area contributed by atoms with Gasteiger partial charge in [-0.3, -0.25) is 0 Å². The third kappa shape index (κ3) is 4.78. The number of aliphatic hydroxyl groups is 2. The van der Waals surface area contributed by atoms with Crippen LogP contribution < -0.4 is 10.6 Å². The van der Waals surface area contributed by atoms with Gasteiger partial charge in [0.25, 0.3) is 0 Å². The van der Waals surface area contributed by atoms with E-state index in [-0.39, 0.29) is 17.7 Å². The van der Waals surface area contributed by atoms with Crippen molar-refractivity contribution in [2.75, 3.05) is 10.6 Å². The number of pyridine rings is 1. The standard InChI is InChI=1S/C19H28ClN5O2/c1-10(26)15-14(20)13-9-21-18(22-11-5-7-12(27)8-6-11)24-16(13)17(23-15)25-19(2,3)4/h9-12,26-27H,5-8H2,1-4H3,(H,23,25)(H,21,22,24)/t10-,11?,12?/m1/s1. The Kier molecular flexibility index (Phi) is 5.74. The van der Waals surface area contributed by atoms with Crippen LogP contribution in [0.4, 0.5) is 11.8 Å². The molecule has 1 aliphatic rings. The zero-order chi connectivity index (χ0) is 19.8. The Labute approximate surface area is 164 Å². The largest absolute Gasteiger partial charge is 0.393 e. The minimum absolute atomic E-state index is 0.204. The average molecular weight is 394 g/mol. The van der Waals surface area contributed by atoms with E-state index in [9.17, 15) is 10.2 Å². The van der Waals surface area contributed by atoms with E-state index in [1.54, 1.807) is 13.1 Å². The molecule has 148 valence electrons. The summed E-state index contributed by atoms with van der Waals surface area (Å²) in [5.74, 6) is 1.09. The predicted octanol–water partition coefficient (Wildman–Crippen LogP) is 3.66. The number of rotatable bonds is 4. The van der Waals surface area contributed by atoms with E-state index < -0.39 is 6.10 Å². The highest BCUT2D eigenvalue weighted by molar-refractivity contribution is 6.36. The summed E-state index contributed by atoms with van der Waals surface area (Å²) in [6.07, 6.45) is 4.01. The summed E-state index contributed by atoms with van der Waals surface area (Å²) in [5.41, 5.74) is 0.788. The number of fused-ring (bicyclic) bond motifs is 1. The fourth-order valence-corrected chi connectivity index (χ4v) is 3.61. The quantitative estimate of drug-likeness (QED) is 0.628. The van der Waals surface area contributed by atoms with Crippen molar-refractivity contribution in [1.82, 2.24) is 15.0 Å². The van der Waals surface area contributed by atoms with Crippen LogP contribution in [0, 0.1) is 0 Å². The maximum atomic E-state index is 10.0. The third-order valence-corrected chi connectivity index (χ3v) is 5.02. The zero-order valence-electron chi connectivity index (χ0n) is 16.3. The molecule has 2 aromatic rings. The first-order chi connectivity index (χ1) is 12.6. The molecule has 27 heavy (non-hydrogen) atoms. The van der Waals surface area contributed by atoms with Gasteiger partial charge in [0.15, 0.2) is 5.82 Å². The molecule has 0 aliphatic heterocycles. The van der Waals surface area contributed by atoms with Crippen LogP contribution in [0.1, 0.15) is 65.2 Å². The van der Waals surface area contributed by atoms with E-state index in [2.05, 4.69) is 25.6 Å². The molecule has 1 atom stereocenters. The highest BCUT2D eigenvalue weighted by atomic mass is 35.5. The number of hydrogen-bond donors (Lipinski definition) is 4. The van der Waals surface area contributed by atoms with Gasteiger partial charge in [-0.1, -0.05) is 11.6 Å². The van der Waals surface area contributed by atoms with Gasteiger partial charge in [-0.2, -0.15) is 0 Å². The molecular formula is C19H28ClN5O2. The van der Waals surface area contributed by atoms with Crippen molar-refractivity contribution >= 4 is 34.3 Å². The maximum absolute atomic E-state index is 10.0. The fraction of sp³-hybridized carbons (Fsp3) is 0.632. The normalized spacial score (nSPS) is 21.9. The van der Waals surface area contributed by atoms with Gasteiger partial charge in [-0.25, -0.2) is 15.0 Å². The second-order valence-corrected chi connectivity index (χ2v) is 8.69. The second kappa shape index (κ2) is 7.73. The van der Waals surface area contributed by atoms with Crippen molar-refractivity contribution in [2.24, 2.45) is 0 Å². The van der Waals surface area contributed by atoms with E-state index >= 15 is 0 Å². The fourth-order valence-electron chi connectivity index (χ4n) is 3.27.